The van der Waals surface area contributed by atoms with E-state index < -0.39 is 41.4 Å². The summed E-state index contributed by atoms with van der Waals surface area (Å²) < 4.78 is 17.7. The maximum absolute atomic E-state index is 13.2. The minimum absolute atomic E-state index is 0.0533. The molecule has 0 aromatic heterocycles. The van der Waals surface area contributed by atoms with Gasteiger partial charge >= 0.3 is 5.97 Å². The van der Waals surface area contributed by atoms with Gasteiger partial charge < -0.3 is 40.0 Å². The molecule has 1 unspecified atom stereocenters. The number of carboxylic acids is 1. The summed E-state index contributed by atoms with van der Waals surface area (Å²) in [6.45, 7) is 14.0. The molecule has 0 radical (unpaired) electrons. The summed E-state index contributed by atoms with van der Waals surface area (Å²) in [4.78, 5) is 51.9. The molecule has 1 saturated heterocycles. The monoisotopic (exact) mass is 768 g/mol. The van der Waals surface area contributed by atoms with Crippen molar-refractivity contribution in [2.24, 2.45) is 16.2 Å². The molecule has 2 aromatic carbocycles. The second-order valence-electron chi connectivity index (χ2n) is 16.4. The number of carboxylic acid groups (broad SMARTS) is 1. The Bertz CT molecular complexity index is 1700. The molecule has 1 aliphatic carbocycles. The maximum Gasteiger partial charge on any atom is 0.326 e. The van der Waals surface area contributed by atoms with Crippen molar-refractivity contribution in [1.29, 1.82) is 5.26 Å². The van der Waals surface area contributed by atoms with Gasteiger partial charge in [0.2, 0.25) is 11.8 Å². The smallest absolute Gasteiger partial charge is 0.326 e. The van der Waals surface area contributed by atoms with Gasteiger partial charge in [0.05, 0.1) is 23.3 Å². The number of hydrogen-bond donors (Lipinski definition) is 4. The fraction of sp³-hybridized carbons (Fsp3) is 0.575. The van der Waals surface area contributed by atoms with Gasteiger partial charge in [0.1, 0.15) is 42.4 Å². The molecule has 4 N–H and O–H groups in total. The van der Waals surface area contributed by atoms with Crippen molar-refractivity contribution in [2.75, 3.05) is 26.4 Å². The Hall–Kier alpha value is -4.38. The van der Waals surface area contributed by atoms with E-state index in [0.717, 1.165) is 17.7 Å². The predicted molar refractivity (Wildman–Crippen MR) is 201 cm³/mol. The van der Waals surface area contributed by atoms with E-state index in [4.69, 9.17) is 31.1 Å². The van der Waals surface area contributed by atoms with Gasteiger partial charge in [-0.05, 0) is 61.1 Å². The number of unbranched alkanes of at least 4 members (excludes halogenated alkanes) is 2. The largest absolute Gasteiger partial charge is 0.494 e. The third kappa shape index (κ3) is 10.0. The number of aliphatic hydroxyl groups is 1. The van der Waals surface area contributed by atoms with E-state index in [9.17, 15) is 29.4 Å². The van der Waals surface area contributed by atoms with Crippen LogP contribution in [-0.4, -0.2) is 95.5 Å². The number of nitriles is 1. The average Bonchev–Trinajstić information content (AvgIpc) is 3.50. The van der Waals surface area contributed by atoms with Crippen molar-refractivity contribution >= 4 is 35.3 Å². The predicted octanol–water partition coefficient (Wildman–Crippen LogP) is 4.97. The van der Waals surface area contributed by atoms with Gasteiger partial charge in [0.25, 0.3) is 5.91 Å². The molecule has 14 heteroatoms. The zero-order valence-electron chi connectivity index (χ0n) is 32.1. The quantitative estimate of drug-likeness (QED) is 0.170. The molecule has 13 nitrogen and oxygen atoms in total. The fourth-order valence-corrected chi connectivity index (χ4v) is 7.87. The lowest BCUT2D eigenvalue weighted by molar-refractivity contribution is -0.164. The minimum atomic E-state index is -1.20. The zero-order valence-corrected chi connectivity index (χ0v) is 32.9. The molecule has 1 aliphatic heterocycles. The van der Waals surface area contributed by atoms with Crippen LogP contribution in [0.4, 0.5) is 0 Å². The normalized spacial score (nSPS) is 22.0. The molecular weight excluding hydrogens is 716 g/mol. The summed E-state index contributed by atoms with van der Waals surface area (Å²) in [5.74, 6) is -1.22. The van der Waals surface area contributed by atoms with Gasteiger partial charge in [-0.3, -0.25) is 14.4 Å². The van der Waals surface area contributed by atoms with Gasteiger partial charge in [-0.1, -0.05) is 60.1 Å². The summed E-state index contributed by atoms with van der Waals surface area (Å²) in [5, 5.41) is 34.8. The Morgan fingerprint density at radius 2 is 1.63 bits per heavy atom. The minimum Gasteiger partial charge on any atom is -0.494 e. The Kier molecular flexibility index (Phi) is 13.6. The number of β-amino-alcohol motifs (C(OH)–C–C–N with tert-alkyl or cyclic N) is 1. The number of rotatable bonds is 16. The number of nitrogens with zero attached hydrogens (tertiary/aromatic N) is 2. The highest BCUT2D eigenvalue weighted by Crippen LogP contribution is 2.55. The lowest BCUT2D eigenvalue weighted by Crippen LogP contribution is -2.74. The molecule has 294 valence electrons. The number of carbonyl (C=O) groups is 4. The lowest BCUT2D eigenvalue weighted by Gasteiger charge is -2.63. The van der Waals surface area contributed by atoms with E-state index in [1.54, 1.807) is 63.2 Å². The van der Waals surface area contributed by atoms with E-state index in [1.807, 2.05) is 6.07 Å². The second-order valence-corrected chi connectivity index (χ2v) is 16.8. The first kappa shape index (κ1) is 42.4. The molecule has 4 rings (SSSR count). The molecule has 54 heavy (non-hydrogen) atoms. The number of aliphatic carboxylic acids is 1. The van der Waals surface area contributed by atoms with Crippen LogP contribution in [0.25, 0.3) is 0 Å². The summed E-state index contributed by atoms with van der Waals surface area (Å²) in [5.41, 5.74) is -0.582. The number of nitrogens with one attached hydrogen (secondary N) is 2. The van der Waals surface area contributed by atoms with E-state index in [0.29, 0.717) is 47.3 Å². The molecule has 1 saturated carbocycles. The van der Waals surface area contributed by atoms with E-state index >= 15 is 0 Å². The zero-order chi connectivity index (χ0) is 40.0. The van der Waals surface area contributed by atoms with Crippen LogP contribution < -0.4 is 20.1 Å². The Labute approximate surface area is 322 Å². The number of halogens is 1. The Morgan fingerprint density at radius 1 is 1.00 bits per heavy atom. The molecule has 3 atom stereocenters. The van der Waals surface area contributed by atoms with E-state index in [1.165, 1.54) is 0 Å². The molecule has 2 aliphatic rings. The first-order chi connectivity index (χ1) is 25.3. The van der Waals surface area contributed by atoms with Crippen molar-refractivity contribution in [3.63, 3.8) is 0 Å². The standard InChI is InChI=1S/C40H53ClN4O9/c1-38(2,3)32(34(49)45-22-26(46)19-30(45)35(50)51)43-31(47)23-52-17-9-8-10-18-53-27-14-11-24(12-15-27)33(48)44-36-39(4,5)37(40(36,6)7)54-28-16-13-25(21-42)29(41)20-28/h11-16,20,26,30,32,36-37,46H,8-10,17-19,22-23H2,1-7H3,(H,43,47)(H,44,48)(H,50,51)/t26-,30+,32?,36?,37?/m1/s1. The van der Waals surface area contributed by atoms with Gasteiger partial charge in [0, 0.05) is 48.1 Å². The summed E-state index contributed by atoms with van der Waals surface area (Å²) in [6.07, 6.45) is 1.02. The molecule has 2 fully saturated rings. The SMILES string of the molecule is CC(C)(C)C(NC(=O)COCCCCCOc1ccc(C(=O)NC2C(C)(C)C(Oc3ccc(C#N)c(Cl)c3)C2(C)C)cc1)C(=O)N1C[C@H](O)C[C@H]1C(=O)O. The number of ether oxygens (including phenoxy) is 3. The van der Waals surface area contributed by atoms with Crippen LogP contribution in [-0.2, 0) is 19.1 Å². The fourth-order valence-electron chi connectivity index (χ4n) is 7.66. The highest BCUT2D eigenvalue weighted by Gasteiger charge is 2.64. The van der Waals surface area contributed by atoms with Crippen LogP contribution >= 0.6 is 11.6 Å². The molecule has 3 amide bonds. The van der Waals surface area contributed by atoms with Crippen molar-refractivity contribution in [2.45, 2.75) is 104 Å². The van der Waals surface area contributed by atoms with Crippen LogP contribution in [0, 0.1) is 27.6 Å². The van der Waals surface area contributed by atoms with Crippen LogP contribution in [0.3, 0.4) is 0 Å². The topological polar surface area (TPSA) is 188 Å². The Balaban J connectivity index is 1.14. The van der Waals surface area contributed by atoms with E-state index in [-0.39, 0.29) is 48.5 Å². The van der Waals surface area contributed by atoms with Gasteiger partial charge in [-0.25, -0.2) is 4.79 Å². The summed E-state index contributed by atoms with van der Waals surface area (Å²) >= 11 is 6.21. The number of carbonyl (C=O) groups excluding carboxylic acids is 3. The molecule has 1 heterocycles. The molecule has 2 aromatic rings. The van der Waals surface area contributed by atoms with Crippen molar-refractivity contribution in [3.8, 4) is 17.6 Å². The summed E-state index contributed by atoms with van der Waals surface area (Å²) in [6, 6.07) is 11.7. The number of aliphatic hydroxyl groups excluding tert-OH is 1. The molecular formula is C40H53ClN4O9. The number of likely N-dealkylation sites (tertiary alicyclic amines) is 1. The average molecular weight is 769 g/mol. The van der Waals surface area contributed by atoms with Gasteiger partial charge in [0.15, 0.2) is 0 Å². The van der Waals surface area contributed by atoms with Crippen molar-refractivity contribution in [3.05, 3.63) is 58.6 Å². The highest BCUT2D eigenvalue weighted by molar-refractivity contribution is 6.31. The third-order valence-corrected chi connectivity index (χ3v) is 10.6. The van der Waals surface area contributed by atoms with Crippen LogP contribution in [0.1, 0.15) is 90.1 Å². The first-order valence-corrected chi connectivity index (χ1v) is 18.6. The lowest BCUT2D eigenvalue weighted by atomic mass is 9.49. The molecule has 0 spiro atoms. The second kappa shape index (κ2) is 17.4. The van der Waals surface area contributed by atoms with Gasteiger partial charge in [-0.15, -0.1) is 0 Å². The number of hydrogen-bond acceptors (Lipinski definition) is 9. The number of amides is 3. The van der Waals surface area contributed by atoms with E-state index in [2.05, 4.69) is 38.3 Å². The molecule has 0 bridgehead atoms. The van der Waals surface area contributed by atoms with Gasteiger partial charge in [-0.2, -0.15) is 5.26 Å². The van der Waals surface area contributed by atoms with Crippen LogP contribution in [0.15, 0.2) is 42.5 Å². The van der Waals surface area contributed by atoms with Crippen LogP contribution in [0.2, 0.25) is 5.02 Å². The van der Waals surface area contributed by atoms with Crippen molar-refractivity contribution < 1.29 is 43.6 Å². The Morgan fingerprint density at radius 3 is 2.22 bits per heavy atom. The van der Waals surface area contributed by atoms with Crippen LogP contribution in [0.5, 0.6) is 11.5 Å². The first-order valence-electron chi connectivity index (χ1n) is 18.3. The maximum atomic E-state index is 13.2. The third-order valence-electron chi connectivity index (χ3n) is 10.2. The summed E-state index contributed by atoms with van der Waals surface area (Å²) in [7, 11) is 0. The number of benzene rings is 2. The van der Waals surface area contributed by atoms with Crippen molar-refractivity contribution in [1.82, 2.24) is 15.5 Å². The highest BCUT2D eigenvalue weighted by atomic mass is 35.5.